The molecule has 178 valence electrons. The van der Waals surface area contributed by atoms with Crippen LogP contribution in [0.3, 0.4) is 0 Å². The predicted octanol–water partition coefficient (Wildman–Crippen LogP) is 5.65. The van der Waals surface area contributed by atoms with Crippen molar-refractivity contribution in [3.63, 3.8) is 0 Å². The third-order valence-corrected chi connectivity index (χ3v) is 7.37. The molecule has 1 N–H and O–H groups in total. The number of benzene rings is 3. The fraction of sp³-hybridized carbons (Fsp3) is 0.276. The molecule has 0 saturated carbocycles. The maximum atomic E-state index is 14.1. The van der Waals surface area contributed by atoms with Gasteiger partial charge in [0.25, 0.3) is 0 Å². The van der Waals surface area contributed by atoms with E-state index in [1.807, 2.05) is 81.4 Å². The lowest BCUT2D eigenvalue weighted by Gasteiger charge is -2.33. The fourth-order valence-electron chi connectivity index (χ4n) is 5.47. The number of imide groups is 1. The summed E-state index contributed by atoms with van der Waals surface area (Å²) in [5.74, 6) is -1.74. The lowest BCUT2D eigenvalue weighted by Crippen LogP contribution is -2.47. The maximum Gasteiger partial charge on any atom is 0.238 e. The molecule has 3 aromatic rings. The van der Waals surface area contributed by atoms with Crippen molar-refractivity contribution in [3.8, 4) is 0 Å². The highest BCUT2D eigenvalue weighted by Gasteiger charge is 2.59. The lowest BCUT2D eigenvalue weighted by molar-refractivity contribution is -0.130. The molecule has 6 heteroatoms. The molecule has 0 unspecified atom stereocenters. The number of rotatable bonds is 4. The molecule has 1 fully saturated rings. The molecule has 5 nitrogen and oxygen atoms in total. The number of fused-ring (bicyclic) bond motifs is 1. The zero-order valence-electron chi connectivity index (χ0n) is 20.0. The van der Waals surface area contributed by atoms with Gasteiger partial charge in [-0.1, -0.05) is 80.9 Å². The minimum atomic E-state index is -1.19. The van der Waals surface area contributed by atoms with Crippen LogP contribution in [0.15, 0.2) is 72.8 Å². The molecule has 0 bridgehead atoms. The molecular weight excluding hydrogens is 460 g/mol. The number of amides is 3. The van der Waals surface area contributed by atoms with Crippen LogP contribution < -0.4 is 10.2 Å². The summed E-state index contributed by atoms with van der Waals surface area (Å²) >= 11 is 6.28. The number of anilines is 2. The molecule has 3 aromatic carbocycles. The van der Waals surface area contributed by atoms with Crippen LogP contribution in [-0.2, 0) is 31.6 Å². The van der Waals surface area contributed by atoms with Crippen molar-refractivity contribution in [3.05, 3.63) is 94.5 Å². The van der Waals surface area contributed by atoms with E-state index in [2.05, 4.69) is 5.32 Å². The van der Waals surface area contributed by atoms with E-state index in [0.717, 1.165) is 16.7 Å². The second-order valence-electron chi connectivity index (χ2n) is 10.4. The highest BCUT2D eigenvalue weighted by molar-refractivity contribution is 6.31. The van der Waals surface area contributed by atoms with E-state index in [1.165, 1.54) is 4.90 Å². The number of para-hydroxylation sites is 1. The first kappa shape index (κ1) is 23.3. The van der Waals surface area contributed by atoms with Crippen molar-refractivity contribution in [2.75, 3.05) is 10.2 Å². The van der Waals surface area contributed by atoms with Gasteiger partial charge in [-0.15, -0.1) is 0 Å². The second-order valence-corrected chi connectivity index (χ2v) is 10.8. The van der Waals surface area contributed by atoms with Crippen LogP contribution in [0.2, 0.25) is 5.02 Å². The van der Waals surface area contributed by atoms with Crippen LogP contribution in [0, 0.1) is 5.92 Å². The molecule has 3 amide bonds. The molecule has 35 heavy (non-hydrogen) atoms. The first-order chi connectivity index (χ1) is 16.6. The topological polar surface area (TPSA) is 66.5 Å². The minimum Gasteiger partial charge on any atom is -0.325 e. The highest BCUT2D eigenvalue weighted by Crippen LogP contribution is 2.50. The number of hydrogen-bond acceptors (Lipinski definition) is 3. The minimum absolute atomic E-state index is 0.0420. The van der Waals surface area contributed by atoms with Crippen molar-refractivity contribution in [1.29, 1.82) is 0 Å². The lowest BCUT2D eigenvalue weighted by atomic mass is 9.66. The van der Waals surface area contributed by atoms with Gasteiger partial charge >= 0.3 is 0 Å². The summed E-state index contributed by atoms with van der Waals surface area (Å²) in [5.41, 5.74) is 2.18. The first-order valence-electron chi connectivity index (χ1n) is 11.7. The molecule has 2 aliphatic rings. The Labute approximate surface area is 210 Å². The Balaban J connectivity index is 1.65. The predicted molar refractivity (Wildman–Crippen MR) is 138 cm³/mol. The van der Waals surface area contributed by atoms with Crippen LogP contribution >= 0.6 is 11.6 Å². The number of carbonyl (C=O) groups is 3. The van der Waals surface area contributed by atoms with Crippen molar-refractivity contribution < 1.29 is 14.4 Å². The fourth-order valence-corrected chi connectivity index (χ4v) is 5.65. The normalized spacial score (nSPS) is 21.9. The Bertz CT molecular complexity index is 1350. The zero-order valence-corrected chi connectivity index (χ0v) is 20.7. The van der Waals surface area contributed by atoms with Crippen molar-refractivity contribution in [2.24, 2.45) is 5.92 Å². The Morgan fingerprint density at radius 2 is 1.66 bits per heavy atom. The third-order valence-electron chi connectivity index (χ3n) is 7.14. The largest absolute Gasteiger partial charge is 0.325 e. The summed E-state index contributed by atoms with van der Waals surface area (Å²) < 4.78 is 0. The van der Waals surface area contributed by atoms with Crippen LogP contribution in [0.1, 0.15) is 43.9 Å². The van der Waals surface area contributed by atoms with Crippen molar-refractivity contribution in [1.82, 2.24) is 0 Å². The standard InChI is InChI=1S/C29H27ClN2O3/c1-28(2,3)21-15-19(30)13-14-24(21)32-25(33)16-22(26(32)34)29(17-18-9-5-4-6-10-18)20-11-7-8-12-23(20)31-27(29)35/h4-15,22H,16-17H2,1-3H3,(H,31,35)/t22-,29-/m0/s1. The number of nitrogens with zero attached hydrogens (tertiary/aromatic N) is 1. The van der Waals surface area contributed by atoms with Gasteiger partial charge in [0.15, 0.2) is 0 Å². The summed E-state index contributed by atoms with van der Waals surface area (Å²) in [6, 6.07) is 22.3. The van der Waals surface area contributed by atoms with Crippen LogP contribution in [-0.4, -0.2) is 17.7 Å². The van der Waals surface area contributed by atoms with Crippen molar-refractivity contribution in [2.45, 2.75) is 44.4 Å². The number of hydrogen-bond donors (Lipinski definition) is 1. The van der Waals surface area contributed by atoms with Crippen molar-refractivity contribution >= 4 is 40.7 Å². The monoisotopic (exact) mass is 486 g/mol. The Morgan fingerprint density at radius 3 is 2.37 bits per heavy atom. The van der Waals surface area contributed by atoms with Crippen LogP contribution in [0.25, 0.3) is 0 Å². The number of carbonyl (C=O) groups excluding carboxylic acids is 3. The molecule has 0 radical (unpaired) electrons. The van der Waals surface area contributed by atoms with Gasteiger partial charge in [-0.05, 0) is 52.8 Å². The summed E-state index contributed by atoms with van der Waals surface area (Å²) in [6.45, 7) is 6.05. The SMILES string of the molecule is CC(C)(C)c1cc(Cl)ccc1N1C(=O)C[C@H]([C@@]2(Cc3ccccc3)C(=O)Nc3ccccc32)C1=O. The quantitative estimate of drug-likeness (QED) is 0.484. The smallest absolute Gasteiger partial charge is 0.238 e. The Morgan fingerprint density at radius 1 is 0.971 bits per heavy atom. The van der Waals surface area contributed by atoms with Gasteiger partial charge in [-0.25, -0.2) is 4.90 Å². The molecule has 1 saturated heterocycles. The van der Waals surface area contributed by atoms with Gasteiger partial charge in [0.05, 0.1) is 17.0 Å². The summed E-state index contributed by atoms with van der Waals surface area (Å²) in [4.78, 5) is 42.5. The molecule has 5 rings (SSSR count). The summed E-state index contributed by atoms with van der Waals surface area (Å²) in [5, 5.41) is 3.52. The first-order valence-corrected chi connectivity index (χ1v) is 12.1. The Hall–Kier alpha value is -3.44. The average molecular weight is 487 g/mol. The molecule has 0 aliphatic carbocycles. The highest BCUT2D eigenvalue weighted by atomic mass is 35.5. The van der Waals surface area contributed by atoms with Gasteiger partial charge in [-0.3, -0.25) is 14.4 Å². The number of halogens is 1. The maximum absolute atomic E-state index is 14.1. The average Bonchev–Trinajstić information content (AvgIpc) is 3.27. The van der Waals surface area contributed by atoms with E-state index >= 15 is 0 Å². The van der Waals surface area contributed by atoms with E-state index in [1.54, 1.807) is 12.1 Å². The van der Waals surface area contributed by atoms with Gasteiger partial charge < -0.3 is 5.32 Å². The molecule has 0 spiro atoms. The molecule has 2 atom stereocenters. The Kier molecular flexibility index (Phi) is 5.56. The van der Waals surface area contributed by atoms with Crippen LogP contribution in [0.4, 0.5) is 11.4 Å². The molecule has 2 heterocycles. The van der Waals surface area contributed by atoms with E-state index in [4.69, 9.17) is 11.6 Å². The molecular formula is C29H27ClN2O3. The second kappa shape index (κ2) is 8.35. The van der Waals surface area contributed by atoms with E-state index in [0.29, 0.717) is 22.8 Å². The summed E-state index contributed by atoms with van der Waals surface area (Å²) in [7, 11) is 0. The van der Waals surface area contributed by atoms with Gasteiger partial charge in [0, 0.05) is 17.1 Å². The number of nitrogens with one attached hydrogen (secondary N) is 1. The molecule has 0 aromatic heterocycles. The van der Waals surface area contributed by atoms with Gasteiger partial charge in [0.1, 0.15) is 0 Å². The zero-order chi connectivity index (χ0) is 25.0. The molecule has 2 aliphatic heterocycles. The van der Waals surface area contributed by atoms with Gasteiger partial charge in [0.2, 0.25) is 17.7 Å². The van der Waals surface area contributed by atoms with Gasteiger partial charge in [-0.2, -0.15) is 0 Å². The van der Waals surface area contributed by atoms with E-state index in [9.17, 15) is 14.4 Å². The van der Waals surface area contributed by atoms with E-state index in [-0.39, 0.29) is 29.6 Å². The van der Waals surface area contributed by atoms with Crippen LogP contribution in [0.5, 0.6) is 0 Å². The van der Waals surface area contributed by atoms with E-state index < -0.39 is 11.3 Å². The summed E-state index contributed by atoms with van der Waals surface area (Å²) in [6.07, 6.45) is 0.278. The third kappa shape index (κ3) is 3.75.